The van der Waals surface area contributed by atoms with E-state index in [1.165, 1.54) is 0 Å². The fourth-order valence-corrected chi connectivity index (χ4v) is 2.10. The first-order valence-electron chi connectivity index (χ1n) is 6.05. The van der Waals surface area contributed by atoms with Crippen molar-refractivity contribution in [1.29, 1.82) is 0 Å². The molecule has 0 N–H and O–H groups in total. The molecule has 0 spiro atoms. The van der Waals surface area contributed by atoms with Crippen LogP contribution in [-0.4, -0.2) is 48.9 Å². The van der Waals surface area contributed by atoms with Gasteiger partial charge in [0.2, 0.25) is 5.91 Å². The van der Waals surface area contributed by atoms with Gasteiger partial charge in [0.05, 0.1) is 6.42 Å². The van der Waals surface area contributed by atoms with Crippen molar-refractivity contribution in [2.75, 3.05) is 33.2 Å². The largest absolute Gasteiger partial charge is 0.340 e. The van der Waals surface area contributed by atoms with Crippen molar-refractivity contribution in [3.63, 3.8) is 0 Å². The van der Waals surface area contributed by atoms with E-state index in [0.717, 1.165) is 31.7 Å². The molecule has 0 aliphatic carbocycles. The molecule has 92 valence electrons. The van der Waals surface area contributed by atoms with E-state index in [1.54, 1.807) is 0 Å². The van der Waals surface area contributed by atoms with Crippen molar-refractivity contribution >= 4 is 5.91 Å². The summed E-state index contributed by atoms with van der Waals surface area (Å²) in [5.74, 6) is 0.240. The quantitative estimate of drug-likeness (QED) is 0.664. The number of aryl methyl sites for hydroxylation is 1. The average Bonchev–Trinajstić information content (AvgIpc) is 2.29. The standard InChI is InChI=1S/C13H20N3O/c1-14-6-8-16(9-7-14)13(17)10-12-4-3-5-15(2)11-12/h3-5,11H,6-10H2,1-2H3/q+1. The second-order valence-electron chi connectivity index (χ2n) is 4.74. The highest BCUT2D eigenvalue weighted by molar-refractivity contribution is 5.78. The Kier molecular flexibility index (Phi) is 3.74. The van der Waals surface area contributed by atoms with E-state index in [0.29, 0.717) is 6.42 Å². The van der Waals surface area contributed by atoms with Gasteiger partial charge in [0, 0.05) is 37.8 Å². The summed E-state index contributed by atoms with van der Waals surface area (Å²) in [5.41, 5.74) is 1.08. The number of nitrogens with zero attached hydrogens (tertiary/aromatic N) is 3. The van der Waals surface area contributed by atoms with Crippen LogP contribution >= 0.6 is 0 Å². The molecule has 4 nitrogen and oxygen atoms in total. The lowest BCUT2D eigenvalue weighted by Gasteiger charge is -2.32. The molecule has 0 bridgehead atoms. The average molecular weight is 234 g/mol. The maximum absolute atomic E-state index is 12.1. The summed E-state index contributed by atoms with van der Waals surface area (Å²) in [6, 6.07) is 3.99. The highest BCUT2D eigenvalue weighted by Gasteiger charge is 2.19. The minimum Gasteiger partial charge on any atom is -0.340 e. The Morgan fingerprint density at radius 1 is 1.35 bits per heavy atom. The number of pyridine rings is 1. The second kappa shape index (κ2) is 5.27. The van der Waals surface area contributed by atoms with Crippen molar-refractivity contribution in [3.05, 3.63) is 30.1 Å². The van der Waals surface area contributed by atoms with Gasteiger partial charge in [-0.3, -0.25) is 4.79 Å². The van der Waals surface area contributed by atoms with Crippen LogP contribution in [0.3, 0.4) is 0 Å². The van der Waals surface area contributed by atoms with Gasteiger partial charge in [-0.25, -0.2) is 4.57 Å². The zero-order valence-corrected chi connectivity index (χ0v) is 10.6. The fourth-order valence-electron chi connectivity index (χ4n) is 2.10. The van der Waals surface area contributed by atoms with Crippen LogP contribution in [0.4, 0.5) is 0 Å². The summed E-state index contributed by atoms with van der Waals surface area (Å²) >= 11 is 0. The normalized spacial score (nSPS) is 17.2. The molecular weight excluding hydrogens is 214 g/mol. The van der Waals surface area contributed by atoms with Crippen LogP contribution in [0.25, 0.3) is 0 Å². The third kappa shape index (κ3) is 3.27. The van der Waals surface area contributed by atoms with E-state index in [1.807, 2.05) is 41.0 Å². The molecule has 1 aliphatic heterocycles. The van der Waals surface area contributed by atoms with Gasteiger partial charge in [0.25, 0.3) is 0 Å². The van der Waals surface area contributed by atoms with Crippen molar-refractivity contribution < 1.29 is 9.36 Å². The fraction of sp³-hybridized carbons (Fsp3) is 0.538. The van der Waals surface area contributed by atoms with Crippen LogP contribution in [0, 0.1) is 0 Å². The van der Waals surface area contributed by atoms with Gasteiger partial charge >= 0.3 is 0 Å². The number of rotatable bonds is 2. The molecule has 1 amide bonds. The smallest absolute Gasteiger partial charge is 0.227 e. The lowest BCUT2D eigenvalue weighted by atomic mass is 10.2. The molecule has 1 aromatic heterocycles. The van der Waals surface area contributed by atoms with E-state index in [-0.39, 0.29) is 5.91 Å². The number of hydrogen-bond acceptors (Lipinski definition) is 2. The van der Waals surface area contributed by atoms with Crippen molar-refractivity contribution in [2.24, 2.45) is 7.05 Å². The van der Waals surface area contributed by atoms with Gasteiger partial charge < -0.3 is 9.80 Å². The highest BCUT2D eigenvalue weighted by Crippen LogP contribution is 2.04. The Morgan fingerprint density at radius 2 is 2.06 bits per heavy atom. The number of hydrogen-bond donors (Lipinski definition) is 0. The Morgan fingerprint density at radius 3 is 2.71 bits per heavy atom. The molecule has 1 aromatic rings. The van der Waals surface area contributed by atoms with Crippen LogP contribution in [-0.2, 0) is 18.3 Å². The van der Waals surface area contributed by atoms with Crippen LogP contribution in [0.1, 0.15) is 5.56 Å². The number of piperazine rings is 1. The summed E-state index contributed by atoms with van der Waals surface area (Å²) in [5, 5.41) is 0. The maximum Gasteiger partial charge on any atom is 0.227 e. The third-order valence-corrected chi connectivity index (χ3v) is 3.21. The monoisotopic (exact) mass is 234 g/mol. The predicted octanol–water partition coefficient (Wildman–Crippen LogP) is -0.172. The summed E-state index contributed by atoms with van der Waals surface area (Å²) < 4.78 is 1.98. The Labute approximate surface area is 102 Å². The third-order valence-electron chi connectivity index (χ3n) is 3.21. The Hall–Kier alpha value is -1.42. The number of likely N-dealkylation sites (N-methyl/N-ethyl adjacent to an activating group) is 1. The molecule has 0 aromatic carbocycles. The van der Waals surface area contributed by atoms with E-state index < -0.39 is 0 Å². The minimum atomic E-state index is 0.240. The molecule has 0 saturated carbocycles. The van der Waals surface area contributed by atoms with E-state index in [2.05, 4.69) is 11.9 Å². The van der Waals surface area contributed by atoms with Crippen molar-refractivity contribution in [3.8, 4) is 0 Å². The molecule has 0 atom stereocenters. The maximum atomic E-state index is 12.1. The summed E-state index contributed by atoms with van der Waals surface area (Å²) in [4.78, 5) is 16.3. The first kappa shape index (κ1) is 12.0. The molecule has 17 heavy (non-hydrogen) atoms. The molecule has 2 rings (SSSR count). The van der Waals surface area contributed by atoms with Crippen LogP contribution < -0.4 is 4.57 Å². The number of aromatic nitrogens is 1. The van der Waals surface area contributed by atoms with Crippen LogP contribution in [0.2, 0.25) is 0 Å². The molecule has 4 heteroatoms. The van der Waals surface area contributed by atoms with Gasteiger partial charge in [-0.05, 0) is 13.1 Å². The summed E-state index contributed by atoms with van der Waals surface area (Å²) in [6.45, 7) is 3.67. The Bertz CT molecular complexity index is 397. The zero-order chi connectivity index (χ0) is 12.3. The topological polar surface area (TPSA) is 27.4 Å². The summed E-state index contributed by atoms with van der Waals surface area (Å²) in [6.07, 6.45) is 4.50. The van der Waals surface area contributed by atoms with Crippen molar-refractivity contribution in [1.82, 2.24) is 9.80 Å². The molecule has 0 radical (unpaired) electrons. The first-order valence-corrected chi connectivity index (χ1v) is 6.05. The van der Waals surface area contributed by atoms with E-state index in [4.69, 9.17) is 0 Å². The van der Waals surface area contributed by atoms with Gasteiger partial charge in [-0.1, -0.05) is 0 Å². The van der Waals surface area contributed by atoms with Crippen LogP contribution in [0.5, 0.6) is 0 Å². The molecular formula is C13H20N3O+. The lowest BCUT2D eigenvalue weighted by molar-refractivity contribution is -0.671. The van der Waals surface area contributed by atoms with E-state index >= 15 is 0 Å². The number of carbonyl (C=O) groups excluding carboxylic acids is 1. The Balaban J connectivity index is 1.93. The zero-order valence-electron chi connectivity index (χ0n) is 10.6. The van der Waals surface area contributed by atoms with Gasteiger partial charge in [-0.15, -0.1) is 0 Å². The molecule has 2 heterocycles. The van der Waals surface area contributed by atoms with Gasteiger partial charge in [0.15, 0.2) is 12.4 Å². The summed E-state index contributed by atoms with van der Waals surface area (Å²) in [7, 11) is 4.07. The number of carbonyl (C=O) groups is 1. The molecule has 1 fully saturated rings. The van der Waals surface area contributed by atoms with Crippen LogP contribution in [0.15, 0.2) is 24.5 Å². The second-order valence-corrected chi connectivity index (χ2v) is 4.74. The predicted molar refractivity (Wildman–Crippen MR) is 65.4 cm³/mol. The van der Waals surface area contributed by atoms with E-state index in [9.17, 15) is 4.79 Å². The van der Waals surface area contributed by atoms with Gasteiger partial charge in [0.1, 0.15) is 7.05 Å². The molecule has 0 unspecified atom stereocenters. The minimum absolute atomic E-state index is 0.240. The lowest BCUT2D eigenvalue weighted by Crippen LogP contribution is -2.47. The number of amides is 1. The molecule has 1 saturated heterocycles. The molecule has 1 aliphatic rings. The van der Waals surface area contributed by atoms with Crippen molar-refractivity contribution in [2.45, 2.75) is 6.42 Å². The van der Waals surface area contributed by atoms with Gasteiger partial charge in [-0.2, -0.15) is 0 Å². The highest BCUT2D eigenvalue weighted by atomic mass is 16.2. The first-order chi connectivity index (χ1) is 8.15. The SMILES string of the molecule is CN1CCN(C(=O)Cc2ccc[n+](C)c2)CC1.